The van der Waals surface area contributed by atoms with Gasteiger partial charge in [0.2, 0.25) is 0 Å². The van der Waals surface area contributed by atoms with Gasteiger partial charge in [-0.05, 0) is 80.1 Å². The van der Waals surface area contributed by atoms with Crippen LogP contribution in [0, 0.1) is 12.7 Å². The molecule has 0 saturated carbocycles. The molecule has 2 aromatic carbocycles. The fraction of sp³-hybridized carbons (Fsp3) is 0.105. The second-order valence-electron chi connectivity index (χ2n) is 5.62. The summed E-state index contributed by atoms with van der Waals surface area (Å²) in [6.07, 6.45) is 0. The summed E-state index contributed by atoms with van der Waals surface area (Å²) in [5.74, 6) is 0.139. The monoisotopic (exact) mass is 497 g/mol. The van der Waals surface area contributed by atoms with Crippen molar-refractivity contribution >= 4 is 54.8 Å². The molecular weight excluding hydrogens is 485 g/mol. The number of carbonyl (C=O) groups excluding carboxylic acids is 1. The normalized spacial score (nSPS) is 10.6. The molecule has 1 N–H and O–H groups in total. The number of thiophene rings is 1. The first-order valence-electron chi connectivity index (χ1n) is 7.65. The molecule has 26 heavy (non-hydrogen) atoms. The van der Waals surface area contributed by atoms with Gasteiger partial charge in [0.25, 0.3) is 5.91 Å². The molecule has 1 amide bonds. The lowest BCUT2D eigenvalue weighted by molar-refractivity contribution is 0.103. The van der Waals surface area contributed by atoms with Crippen LogP contribution in [0.4, 0.5) is 10.1 Å². The molecule has 0 spiro atoms. The van der Waals surface area contributed by atoms with Gasteiger partial charge < -0.3 is 10.1 Å². The van der Waals surface area contributed by atoms with Gasteiger partial charge in [-0.2, -0.15) is 0 Å². The fourth-order valence-corrected chi connectivity index (χ4v) is 4.40. The molecule has 0 aliphatic carbocycles. The summed E-state index contributed by atoms with van der Waals surface area (Å²) in [6.45, 7) is 2.39. The number of ether oxygens (including phenoxy) is 1. The lowest BCUT2D eigenvalue weighted by Crippen LogP contribution is -2.11. The zero-order valence-corrected chi connectivity index (χ0v) is 17.7. The molecule has 1 heterocycles. The van der Waals surface area contributed by atoms with Crippen molar-refractivity contribution in [2.75, 3.05) is 5.32 Å². The van der Waals surface area contributed by atoms with Crippen molar-refractivity contribution in [2.24, 2.45) is 0 Å². The van der Waals surface area contributed by atoms with E-state index in [1.54, 1.807) is 6.07 Å². The number of hydrogen-bond donors (Lipinski definition) is 1. The maximum Gasteiger partial charge on any atom is 0.265 e. The predicted molar refractivity (Wildman–Crippen MR) is 110 cm³/mol. The van der Waals surface area contributed by atoms with E-state index in [9.17, 15) is 9.18 Å². The second-order valence-corrected chi connectivity index (χ2v) is 8.24. The standard InChI is InChI=1S/C19H14Br2FNO2S/c1-11-3-2-4-14(5-11)25-9-12-6-17(26-10-12)19(24)23-18-15(20)7-13(22)8-16(18)21/h2-8,10H,9H2,1H3,(H,23,24). The van der Waals surface area contributed by atoms with Gasteiger partial charge in [0.1, 0.15) is 18.2 Å². The molecule has 7 heteroatoms. The summed E-state index contributed by atoms with van der Waals surface area (Å²) in [7, 11) is 0. The van der Waals surface area contributed by atoms with E-state index < -0.39 is 5.82 Å². The van der Waals surface area contributed by atoms with Crippen LogP contribution in [0.2, 0.25) is 0 Å². The third kappa shape index (κ3) is 4.72. The van der Waals surface area contributed by atoms with E-state index in [0.29, 0.717) is 26.1 Å². The van der Waals surface area contributed by atoms with Gasteiger partial charge >= 0.3 is 0 Å². The van der Waals surface area contributed by atoms with Crippen LogP contribution < -0.4 is 10.1 Å². The maximum absolute atomic E-state index is 13.3. The molecule has 0 radical (unpaired) electrons. The highest BCUT2D eigenvalue weighted by Crippen LogP contribution is 2.32. The van der Waals surface area contributed by atoms with E-state index in [-0.39, 0.29) is 5.91 Å². The molecule has 0 unspecified atom stereocenters. The molecule has 0 bridgehead atoms. The number of rotatable bonds is 5. The van der Waals surface area contributed by atoms with E-state index in [1.165, 1.54) is 23.5 Å². The minimum absolute atomic E-state index is 0.259. The van der Waals surface area contributed by atoms with E-state index in [2.05, 4.69) is 37.2 Å². The summed E-state index contributed by atoms with van der Waals surface area (Å²) in [6, 6.07) is 12.2. The van der Waals surface area contributed by atoms with Gasteiger partial charge in [0.15, 0.2) is 0 Å². The summed E-state index contributed by atoms with van der Waals surface area (Å²) in [4.78, 5) is 13.0. The summed E-state index contributed by atoms with van der Waals surface area (Å²) in [5.41, 5.74) is 2.53. The number of nitrogens with one attached hydrogen (secondary N) is 1. The summed E-state index contributed by atoms with van der Waals surface area (Å²) in [5, 5.41) is 4.68. The third-order valence-electron chi connectivity index (χ3n) is 3.52. The average molecular weight is 499 g/mol. The van der Waals surface area contributed by atoms with Crippen molar-refractivity contribution < 1.29 is 13.9 Å². The minimum atomic E-state index is -0.395. The number of anilines is 1. The van der Waals surface area contributed by atoms with Crippen molar-refractivity contribution in [1.82, 2.24) is 0 Å². The molecule has 0 saturated heterocycles. The van der Waals surface area contributed by atoms with Crippen molar-refractivity contribution in [3.63, 3.8) is 0 Å². The van der Waals surface area contributed by atoms with Crippen molar-refractivity contribution in [2.45, 2.75) is 13.5 Å². The van der Waals surface area contributed by atoms with Crippen molar-refractivity contribution in [1.29, 1.82) is 0 Å². The van der Waals surface area contributed by atoms with E-state index in [1.807, 2.05) is 36.6 Å². The van der Waals surface area contributed by atoms with Crippen LogP contribution in [-0.4, -0.2) is 5.91 Å². The minimum Gasteiger partial charge on any atom is -0.489 e. The molecule has 3 nitrogen and oxygen atoms in total. The van der Waals surface area contributed by atoms with Crippen LogP contribution in [0.3, 0.4) is 0 Å². The first kappa shape index (κ1) is 19.1. The number of hydrogen-bond acceptors (Lipinski definition) is 3. The van der Waals surface area contributed by atoms with Crippen LogP contribution in [0.15, 0.2) is 56.8 Å². The SMILES string of the molecule is Cc1cccc(OCc2csc(C(=O)Nc3c(Br)cc(F)cc3Br)c2)c1. The molecule has 0 atom stereocenters. The third-order valence-corrected chi connectivity index (χ3v) is 5.75. The first-order valence-corrected chi connectivity index (χ1v) is 10.1. The first-order chi connectivity index (χ1) is 12.4. The zero-order chi connectivity index (χ0) is 18.7. The number of carbonyl (C=O) groups is 1. The van der Waals surface area contributed by atoms with Crippen LogP contribution in [0.5, 0.6) is 5.75 Å². The number of aryl methyl sites for hydroxylation is 1. The molecule has 134 valence electrons. The Morgan fingerprint density at radius 3 is 2.62 bits per heavy atom. The van der Waals surface area contributed by atoms with Gasteiger partial charge in [-0.3, -0.25) is 4.79 Å². The van der Waals surface area contributed by atoms with E-state index in [0.717, 1.165) is 16.9 Å². The lowest BCUT2D eigenvalue weighted by Gasteiger charge is -2.09. The van der Waals surface area contributed by atoms with Crippen molar-refractivity contribution in [3.8, 4) is 5.75 Å². The van der Waals surface area contributed by atoms with Crippen molar-refractivity contribution in [3.05, 3.63) is 78.6 Å². The van der Waals surface area contributed by atoms with E-state index in [4.69, 9.17) is 4.74 Å². The zero-order valence-electron chi connectivity index (χ0n) is 13.7. The molecule has 0 aliphatic rings. The number of amides is 1. The van der Waals surface area contributed by atoms with Gasteiger partial charge in [-0.25, -0.2) is 4.39 Å². The van der Waals surface area contributed by atoms with Crippen LogP contribution >= 0.6 is 43.2 Å². The fourth-order valence-electron chi connectivity index (χ4n) is 2.28. The number of halogens is 3. The Hall–Kier alpha value is -1.70. The Bertz CT molecular complexity index is 935. The van der Waals surface area contributed by atoms with E-state index >= 15 is 0 Å². The summed E-state index contributed by atoms with van der Waals surface area (Å²) >= 11 is 7.85. The Kier molecular flexibility index (Phi) is 6.11. The Labute approximate surface area is 171 Å². The molecule has 0 fully saturated rings. The quantitative estimate of drug-likeness (QED) is 0.433. The molecule has 1 aromatic heterocycles. The highest BCUT2D eigenvalue weighted by atomic mass is 79.9. The average Bonchev–Trinajstić information content (AvgIpc) is 3.05. The smallest absolute Gasteiger partial charge is 0.265 e. The predicted octanol–water partition coefficient (Wildman–Crippen LogP) is 6.55. The van der Waals surface area contributed by atoms with Gasteiger partial charge in [-0.15, -0.1) is 11.3 Å². The molecule has 0 aliphatic heterocycles. The second kappa shape index (κ2) is 8.33. The largest absolute Gasteiger partial charge is 0.489 e. The van der Waals surface area contributed by atoms with Crippen LogP contribution in [-0.2, 0) is 6.61 Å². The Morgan fingerprint density at radius 1 is 1.19 bits per heavy atom. The lowest BCUT2D eigenvalue weighted by atomic mass is 10.2. The van der Waals surface area contributed by atoms with Crippen LogP contribution in [0.1, 0.15) is 20.8 Å². The van der Waals surface area contributed by atoms with Gasteiger partial charge in [0, 0.05) is 14.5 Å². The molecule has 3 aromatic rings. The van der Waals surface area contributed by atoms with Crippen LogP contribution in [0.25, 0.3) is 0 Å². The Balaban J connectivity index is 1.67. The maximum atomic E-state index is 13.3. The highest BCUT2D eigenvalue weighted by Gasteiger charge is 2.14. The molecule has 3 rings (SSSR count). The van der Waals surface area contributed by atoms with Gasteiger partial charge in [0.05, 0.1) is 10.6 Å². The number of benzene rings is 2. The topological polar surface area (TPSA) is 38.3 Å². The summed E-state index contributed by atoms with van der Waals surface area (Å²) < 4.78 is 20.0. The Morgan fingerprint density at radius 2 is 1.92 bits per heavy atom. The van der Waals surface area contributed by atoms with Gasteiger partial charge in [-0.1, -0.05) is 12.1 Å². The highest BCUT2D eigenvalue weighted by molar-refractivity contribution is 9.11. The molecular formula is C19H14Br2FNO2S.